The minimum absolute atomic E-state index is 0.0529. The summed E-state index contributed by atoms with van der Waals surface area (Å²) in [5, 5.41) is 0.424. The lowest BCUT2D eigenvalue weighted by Gasteiger charge is -2.17. The molecule has 0 amide bonds. The van der Waals surface area contributed by atoms with Crippen molar-refractivity contribution in [2.45, 2.75) is 19.4 Å². The lowest BCUT2D eigenvalue weighted by atomic mass is 9.98. The van der Waals surface area contributed by atoms with Gasteiger partial charge < -0.3 is 0 Å². The van der Waals surface area contributed by atoms with E-state index in [0.717, 1.165) is 11.1 Å². The minimum atomic E-state index is -0.332. The van der Waals surface area contributed by atoms with Gasteiger partial charge in [-0.2, -0.15) is 0 Å². The van der Waals surface area contributed by atoms with Crippen LogP contribution in [-0.2, 0) is 6.42 Å². The fraction of sp³-hybridized carbons (Fsp3) is 0.200. The molecule has 0 bridgehead atoms. The topological polar surface area (TPSA) is 38.0 Å². The predicted octanol–water partition coefficient (Wildman–Crippen LogP) is 3.53. The molecule has 2 aromatic rings. The van der Waals surface area contributed by atoms with Crippen LogP contribution in [0.4, 0.5) is 4.39 Å². The first kappa shape index (κ1) is 14.0. The number of rotatable bonds is 4. The normalized spacial score (nSPS) is 12.4. The molecule has 2 rings (SSSR count). The maximum absolute atomic E-state index is 13.0. The molecule has 0 heterocycles. The van der Waals surface area contributed by atoms with E-state index in [0.29, 0.717) is 11.4 Å². The number of hydrogen-bond acceptors (Lipinski definition) is 2. The molecule has 0 saturated heterocycles. The number of hydrazine groups is 1. The second kappa shape index (κ2) is 6.15. The van der Waals surface area contributed by atoms with Crippen LogP contribution in [0.2, 0.25) is 5.02 Å². The average molecular weight is 279 g/mol. The monoisotopic (exact) mass is 278 g/mol. The maximum Gasteiger partial charge on any atom is 0.124 e. The Morgan fingerprint density at radius 1 is 1.26 bits per heavy atom. The molecule has 4 heteroatoms. The molecule has 0 aliphatic heterocycles. The van der Waals surface area contributed by atoms with Gasteiger partial charge in [-0.25, -0.2) is 4.39 Å². The molecule has 2 aromatic carbocycles. The molecule has 1 atom stereocenters. The molecule has 0 spiro atoms. The molecule has 0 aliphatic rings. The Hall–Kier alpha value is -1.42. The summed E-state index contributed by atoms with van der Waals surface area (Å²) in [5.41, 5.74) is 5.91. The van der Waals surface area contributed by atoms with Crippen molar-refractivity contribution in [2.24, 2.45) is 5.84 Å². The summed E-state index contributed by atoms with van der Waals surface area (Å²) in [6.07, 6.45) is 0.610. The van der Waals surface area contributed by atoms with Crippen LogP contribution in [0.5, 0.6) is 0 Å². The summed E-state index contributed by atoms with van der Waals surface area (Å²) in [7, 11) is 0. The van der Waals surface area contributed by atoms with Gasteiger partial charge in [0.15, 0.2) is 0 Å². The molecule has 1 unspecified atom stereocenters. The quantitative estimate of drug-likeness (QED) is 0.663. The standard InChI is InChI=1S/C15H16ClFN2/c1-10-3-2-4-12(7-10)15(19-18)8-11-5-6-13(17)9-14(11)16/h2-7,9,15,19H,8,18H2,1H3. The summed E-state index contributed by atoms with van der Waals surface area (Å²) in [5.74, 6) is 5.28. The highest BCUT2D eigenvalue weighted by atomic mass is 35.5. The third kappa shape index (κ3) is 3.53. The second-order valence-electron chi connectivity index (χ2n) is 4.57. The lowest BCUT2D eigenvalue weighted by molar-refractivity contribution is 0.550. The van der Waals surface area contributed by atoms with Crippen LogP contribution in [0, 0.1) is 12.7 Å². The van der Waals surface area contributed by atoms with E-state index in [-0.39, 0.29) is 11.9 Å². The summed E-state index contributed by atoms with van der Waals surface area (Å²) < 4.78 is 13.0. The van der Waals surface area contributed by atoms with E-state index in [4.69, 9.17) is 17.4 Å². The maximum atomic E-state index is 13.0. The first-order valence-electron chi connectivity index (χ1n) is 6.07. The SMILES string of the molecule is Cc1cccc(C(Cc2ccc(F)cc2Cl)NN)c1. The number of nitrogens with one attached hydrogen (secondary N) is 1. The van der Waals surface area contributed by atoms with Gasteiger partial charge in [-0.1, -0.05) is 47.5 Å². The molecule has 0 saturated carbocycles. The van der Waals surface area contributed by atoms with Gasteiger partial charge in [0.05, 0.1) is 6.04 Å². The first-order chi connectivity index (χ1) is 9.10. The molecule has 100 valence electrons. The van der Waals surface area contributed by atoms with Crippen LogP contribution in [0.1, 0.15) is 22.7 Å². The summed E-state index contributed by atoms with van der Waals surface area (Å²) in [6, 6.07) is 12.5. The van der Waals surface area contributed by atoms with Gasteiger partial charge >= 0.3 is 0 Å². The first-order valence-corrected chi connectivity index (χ1v) is 6.44. The summed E-state index contributed by atoms with van der Waals surface area (Å²) in [4.78, 5) is 0. The van der Waals surface area contributed by atoms with Crippen molar-refractivity contribution < 1.29 is 4.39 Å². The summed E-state index contributed by atoms with van der Waals surface area (Å²) in [6.45, 7) is 2.03. The Labute approximate surface area is 117 Å². The van der Waals surface area contributed by atoms with E-state index in [9.17, 15) is 4.39 Å². The molecule has 0 aromatic heterocycles. The smallest absolute Gasteiger partial charge is 0.124 e. The number of halogens is 2. The van der Waals surface area contributed by atoms with Crippen molar-refractivity contribution >= 4 is 11.6 Å². The minimum Gasteiger partial charge on any atom is -0.271 e. The fourth-order valence-corrected chi connectivity index (χ4v) is 2.31. The van der Waals surface area contributed by atoms with Crippen molar-refractivity contribution in [3.8, 4) is 0 Å². The van der Waals surface area contributed by atoms with Gasteiger partial charge in [0.1, 0.15) is 5.82 Å². The van der Waals surface area contributed by atoms with E-state index in [1.807, 2.05) is 25.1 Å². The third-order valence-corrected chi connectivity index (χ3v) is 3.44. The Morgan fingerprint density at radius 3 is 2.68 bits per heavy atom. The molecule has 0 fully saturated rings. The van der Waals surface area contributed by atoms with Gasteiger partial charge in [0.25, 0.3) is 0 Å². The molecular weight excluding hydrogens is 263 g/mol. The average Bonchev–Trinajstić information content (AvgIpc) is 2.38. The third-order valence-electron chi connectivity index (χ3n) is 3.08. The van der Waals surface area contributed by atoms with Gasteiger partial charge in [-0.3, -0.25) is 11.3 Å². The van der Waals surface area contributed by atoms with Crippen molar-refractivity contribution in [1.82, 2.24) is 5.43 Å². The van der Waals surface area contributed by atoms with Crippen LogP contribution in [0.3, 0.4) is 0 Å². The highest BCUT2D eigenvalue weighted by Crippen LogP contribution is 2.24. The number of aryl methyl sites for hydroxylation is 1. The zero-order chi connectivity index (χ0) is 13.8. The van der Waals surface area contributed by atoms with Crippen LogP contribution < -0.4 is 11.3 Å². The molecular formula is C15H16ClFN2. The zero-order valence-corrected chi connectivity index (χ0v) is 11.4. The van der Waals surface area contributed by atoms with E-state index >= 15 is 0 Å². The number of benzene rings is 2. The molecule has 3 N–H and O–H groups in total. The fourth-order valence-electron chi connectivity index (χ4n) is 2.07. The van der Waals surface area contributed by atoms with E-state index in [1.165, 1.54) is 17.7 Å². The molecule has 0 radical (unpaired) electrons. The predicted molar refractivity (Wildman–Crippen MR) is 76.4 cm³/mol. The highest BCUT2D eigenvalue weighted by molar-refractivity contribution is 6.31. The summed E-state index contributed by atoms with van der Waals surface area (Å²) >= 11 is 6.04. The Kier molecular flexibility index (Phi) is 4.53. The van der Waals surface area contributed by atoms with Crippen LogP contribution in [0.25, 0.3) is 0 Å². The molecule has 0 aliphatic carbocycles. The number of nitrogens with two attached hydrogens (primary N) is 1. The van der Waals surface area contributed by atoms with Crippen molar-refractivity contribution in [3.05, 3.63) is 70.0 Å². The largest absolute Gasteiger partial charge is 0.271 e. The van der Waals surface area contributed by atoms with Gasteiger partial charge in [0, 0.05) is 5.02 Å². The van der Waals surface area contributed by atoms with E-state index in [2.05, 4.69) is 11.5 Å². The van der Waals surface area contributed by atoms with E-state index in [1.54, 1.807) is 6.07 Å². The van der Waals surface area contributed by atoms with E-state index < -0.39 is 0 Å². The Balaban J connectivity index is 2.24. The second-order valence-corrected chi connectivity index (χ2v) is 4.98. The van der Waals surface area contributed by atoms with Crippen molar-refractivity contribution in [3.63, 3.8) is 0 Å². The Bertz CT molecular complexity index is 572. The highest BCUT2D eigenvalue weighted by Gasteiger charge is 2.13. The van der Waals surface area contributed by atoms with Gasteiger partial charge in [0.2, 0.25) is 0 Å². The van der Waals surface area contributed by atoms with Gasteiger partial charge in [-0.15, -0.1) is 0 Å². The lowest BCUT2D eigenvalue weighted by Crippen LogP contribution is -2.29. The van der Waals surface area contributed by atoms with Crippen LogP contribution >= 0.6 is 11.6 Å². The zero-order valence-electron chi connectivity index (χ0n) is 10.7. The number of hydrogen-bond donors (Lipinski definition) is 2. The Morgan fingerprint density at radius 2 is 2.05 bits per heavy atom. The van der Waals surface area contributed by atoms with Crippen LogP contribution in [0.15, 0.2) is 42.5 Å². The molecule has 2 nitrogen and oxygen atoms in total. The van der Waals surface area contributed by atoms with Crippen molar-refractivity contribution in [2.75, 3.05) is 0 Å². The van der Waals surface area contributed by atoms with Gasteiger partial charge in [-0.05, 0) is 36.6 Å². The van der Waals surface area contributed by atoms with Crippen LogP contribution in [-0.4, -0.2) is 0 Å². The van der Waals surface area contributed by atoms with Crippen molar-refractivity contribution in [1.29, 1.82) is 0 Å². The molecule has 19 heavy (non-hydrogen) atoms.